The van der Waals surface area contributed by atoms with E-state index in [1.807, 2.05) is 49.1 Å². The van der Waals surface area contributed by atoms with E-state index in [0.717, 1.165) is 17.8 Å². The molecule has 2 amide bonds. The van der Waals surface area contributed by atoms with Gasteiger partial charge in [-0.15, -0.1) is 10.2 Å². The van der Waals surface area contributed by atoms with E-state index in [-0.39, 0.29) is 24.4 Å². The number of ether oxygens (including phenoxy) is 3. The molecule has 10 nitrogen and oxygen atoms in total. The van der Waals surface area contributed by atoms with Gasteiger partial charge in [0.05, 0.1) is 27.0 Å². The highest BCUT2D eigenvalue weighted by molar-refractivity contribution is 5.97. The first-order valence-electron chi connectivity index (χ1n) is 13.4. The summed E-state index contributed by atoms with van der Waals surface area (Å²) < 4.78 is 16.0. The van der Waals surface area contributed by atoms with E-state index in [4.69, 9.17) is 14.2 Å². The summed E-state index contributed by atoms with van der Waals surface area (Å²) in [7, 11) is 4.79. The van der Waals surface area contributed by atoms with Crippen molar-refractivity contribution in [1.29, 1.82) is 0 Å². The lowest BCUT2D eigenvalue weighted by molar-refractivity contribution is -0.132. The monoisotopic (exact) mass is 547 g/mol. The van der Waals surface area contributed by atoms with Crippen LogP contribution in [0.3, 0.4) is 0 Å². The van der Waals surface area contributed by atoms with Crippen LogP contribution in [0.25, 0.3) is 11.3 Å². The molecule has 4 rings (SSSR count). The zero-order chi connectivity index (χ0) is 28.6. The van der Waals surface area contributed by atoms with Crippen LogP contribution in [0.5, 0.6) is 17.2 Å². The minimum atomic E-state index is -0.177. The number of anilines is 1. The fourth-order valence-electron chi connectivity index (χ4n) is 4.65. The van der Waals surface area contributed by atoms with E-state index in [0.29, 0.717) is 54.7 Å². The van der Waals surface area contributed by atoms with Crippen LogP contribution in [-0.4, -0.2) is 91.9 Å². The van der Waals surface area contributed by atoms with E-state index < -0.39 is 0 Å². The number of aromatic nitrogens is 2. The number of hydrogen-bond acceptors (Lipinski definition) is 8. The van der Waals surface area contributed by atoms with Crippen LogP contribution in [0.4, 0.5) is 5.82 Å². The van der Waals surface area contributed by atoms with Crippen molar-refractivity contribution in [3.8, 4) is 28.5 Å². The summed E-state index contributed by atoms with van der Waals surface area (Å²) in [6.45, 7) is 6.33. The molecule has 0 spiro atoms. The summed E-state index contributed by atoms with van der Waals surface area (Å²) in [5, 5.41) is 8.87. The van der Waals surface area contributed by atoms with Gasteiger partial charge < -0.3 is 28.9 Å². The third-order valence-corrected chi connectivity index (χ3v) is 7.30. The van der Waals surface area contributed by atoms with Gasteiger partial charge in [0.25, 0.3) is 5.91 Å². The van der Waals surface area contributed by atoms with E-state index in [2.05, 4.69) is 15.1 Å². The molecule has 2 aromatic carbocycles. The van der Waals surface area contributed by atoms with Crippen LogP contribution in [0, 0.1) is 0 Å². The molecule has 3 aromatic rings. The van der Waals surface area contributed by atoms with Gasteiger partial charge in [0, 0.05) is 49.4 Å². The highest BCUT2D eigenvalue weighted by atomic mass is 16.5. The van der Waals surface area contributed by atoms with Crippen molar-refractivity contribution in [1.82, 2.24) is 20.0 Å². The van der Waals surface area contributed by atoms with Crippen molar-refractivity contribution in [2.45, 2.75) is 26.3 Å². The number of carbonyl (C=O) groups excluding carboxylic acids is 2. The molecule has 0 N–H and O–H groups in total. The number of benzene rings is 2. The van der Waals surface area contributed by atoms with Gasteiger partial charge in [-0.1, -0.05) is 13.0 Å². The maximum absolute atomic E-state index is 13.3. The third-order valence-electron chi connectivity index (χ3n) is 7.30. The first kappa shape index (κ1) is 28.7. The molecular weight excluding hydrogens is 510 g/mol. The minimum Gasteiger partial charge on any atom is -0.497 e. The molecule has 1 atom stereocenters. The summed E-state index contributed by atoms with van der Waals surface area (Å²) in [4.78, 5) is 32.2. The van der Waals surface area contributed by atoms with Crippen LogP contribution >= 0.6 is 0 Å². The Balaban J connectivity index is 1.38. The zero-order valence-corrected chi connectivity index (χ0v) is 23.8. The molecular formula is C30H37N5O5. The lowest BCUT2D eigenvalue weighted by Crippen LogP contribution is -2.53. The molecule has 1 aliphatic heterocycles. The second-order valence-corrected chi connectivity index (χ2v) is 9.63. The highest BCUT2D eigenvalue weighted by Crippen LogP contribution is 2.32. The third kappa shape index (κ3) is 6.44. The Morgan fingerprint density at radius 2 is 1.62 bits per heavy atom. The second kappa shape index (κ2) is 13.1. The summed E-state index contributed by atoms with van der Waals surface area (Å²) in [6, 6.07) is 16.4. The Hall–Kier alpha value is -4.34. The normalized spacial score (nSPS) is 13.9. The second-order valence-electron chi connectivity index (χ2n) is 9.63. The van der Waals surface area contributed by atoms with Gasteiger partial charge in [0.15, 0.2) is 5.82 Å². The van der Waals surface area contributed by atoms with Gasteiger partial charge in [-0.2, -0.15) is 0 Å². The van der Waals surface area contributed by atoms with E-state index in [1.165, 1.54) is 0 Å². The standard InChI is InChI=1S/C30H37N5O5/c1-6-21(2)35(30(37)22-8-7-9-23(18-22)38-3)20-29(36)34-16-14-33(15-17-34)28-13-12-26(31-32-28)25-11-10-24(39-4)19-27(25)40-5/h7-13,18-19,21H,6,14-17,20H2,1-5H3/t21-/m0/s1. The number of rotatable bonds is 10. The lowest BCUT2D eigenvalue weighted by Gasteiger charge is -2.37. The first-order valence-corrected chi connectivity index (χ1v) is 13.4. The number of methoxy groups -OCH3 is 3. The number of carbonyl (C=O) groups is 2. The number of amides is 2. The molecule has 40 heavy (non-hydrogen) atoms. The Morgan fingerprint density at radius 3 is 2.25 bits per heavy atom. The van der Waals surface area contributed by atoms with Crippen LogP contribution < -0.4 is 19.1 Å². The van der Waals surface area contributed by atoms with Crippen molar-refractivity contribution in [3.05, 3.63) is 60.2 Å². The number of hydrogen-bond donors (Lipinski definition) is 0. The van der Waals surface area contributed by atoms with Gasteiger partial charge in [-0.3, -0.25) is 9.59 Å². The Bertz CT molecular complexity index is 1310. The molecule has 2 heterocycles. The maximum Gasteiger partial charge on any atom is 0.254 e. The zero-order valence-electron chi connectivity index (χ0n) is 23.8. The average Bonchev–Trinajstić information content (AvgIpc) is 3.02. The first-order chi connectivity index (χ1) is 19.4. The van der Waals surface area contributed by atoms with E-state index in [1.54, 1.807) is 50.5 Å². The van der Waals surface area contributed by atoms with Crippen LogP contribution in [-0.2, 0) is 4.79 Å². The highest BCUT2D eigenvalue weighted by Gasteiger charge is 2.28. The largest absolute Gasteiger partial charge is 0.497 e. The van der Waals surface area contributed by atoms with Gasteiger partial charge in [0.2, 0.25) is 5.91 Å². The molecule has 1 aromatic heterocycles. The molecule has 1 aliphatic rings. The SMILES string of the molecule is CC[C@H](C)N(CC(=O)N1CCN(c2ccc(-c3ccc(OC)cc3OC)nn2)CC1)C(=O)c1cccc(OC)c1. The Morgan fingerprint density at radius 1 is 0.900 bits per heavy atom. The van der Waals surface area contributed by atoms with Crippen LogP contribution in [0.15, 0.2) is 54.6 Å². The van der Waals surface area contributed by atoms with Crippen molar-refractivity contribution >= 4 is 17.6 Å². The topological polar surface area (TPSA) is 97.3 Å². The predicted molar refractivity (Wildman–Crippen MR) is 153 cm³/mol. The molecule has 10 heteroatoms. The van der Waals surface area contributed by atoms with Crippen LogP contribution in [0.1, 0.15) is 30.6 Å². The van der Waals surface area contributed by atoms with E-state index >= 15 is 0 Å². The van der Waals surface area contributed by atoms with Gasteiger partial charge in [-0.25, -0.2) is 0 Å². The molecule has 0 saturated carbocycles. The molecule has 0 bridgehead atoms. The van der Waals surface area contributed by atoms with Crippen molar-refractivity contribution in [2.24, 2.45) is 0 Å². The smallest absolute Gasteiger partial charge is 0.254 e. The van der Waals surface area contributed by atoms with Gasteiger partial charge in [0.1, 0.15) is 23.8 Å². The molecule has 212 valence electrons. The molecule has 1 fully saturated rings. The van der Waals surface area contributed by atoms with Gasteiger partial charge >= 0.3 is 0 Å². The average molecular weight is 548 g/mol. The number of piperazine rings is 1. The van der Waals surface area contributed by atoms with Crippen molar-refractivity contribution in [3.63, 3.8) is 0 Å². The van der Waals surface area contributed by atoms with Crippen molar-refractivity contribution in [2.75, 3.05) is 59.0 Å². The predicted octanol–water partition coefficient (Wildman–Crippen LogP) is 3.76. The molecule has 1 saturated heterocycles. The minimum absolute atomic E-state index is 0.0310. The van der Waals surface area contributed by atoms with E-state index in [9.17, 15) is 9.59 Å². The molecule has 0 aliphatic carbocycles. The van der Waals surface area contributed by atoms with Gasteiger partial charge in [-0.05, 0) is 55.8 Å². The summed E-state index contributed by atoms with van der Waals surface area (Å²) in [5.74, 6) is 2.47. The molecule has 0 radical (unpaired) electrons. The van der Waals surface area contributed by atoms with Crippen LogP contribution in [0.2, 0.25) is 0 Å². The maximum atomic E-state index is 13.3. The summed E-state index contributed by atoms with van der Waals surface area (Å²) in [5.41, 5.74) is 2.03. The summed E-state index contributed by atoms with van der Waals surface area (Å²) in [6.07, 6.45) is 0.744. The quantitative estimate of drug-likeness (QED) is 0.379. The van der Waals surface area contributed by atoms with Crippen molar-refractivity contribution < 1.29 is 23.8 Å². The lowest BCUT2D eigenvalue weighted by atomic mass is 10.1. The summed E-state index contributed by atoms with van der Waals surface area (Å²) >= 11 is 0. The fourth-order valence-corrected chi connectivity index (χ4v) is 4.65. The fraction of sp³-hybridized carbons (Fsp3) is 0.400. The Labute approximate surface area is 235 Å². The molecule has 0 unspecified atom stereocenters. The number of nitrogens with zero attached hydrogens (tertiary/aromatic N) is 5. The Kier molecular flexibility index (Phi) is 9.42.